The summed E-state index contributed by atoms with van der Waals surface area (Å²) in [6, 6.07) is 0. The Kier molecular flexibility index (Phi) is 4.56. The van der Waals surface area contributed by atoms with E-state index in [1.807, 2.05) is 0 Å². The minimum Gasteiger partial charge on any atom is -0.462 e. The molecule has 2 aliphatic carbocycles. The summed E-state index contributed by atoms with van der Waals surface area (Å²) >= 11 is 0. The van der Waals surface area contributed by atoms with E-state index in [0.717, 1.165) is 26.1 Å². The van der Waals surface area contributed by atoms with E-state index in [1.165, 1.54) is 51.6 Å². The molecule has 27 heavy (non-hydrogen) atoms. The maximum Gasteiger partial charge on any atom is 0.311 e. The van der Waals surface area contributed by atoms with E-state index >= 15 is 0 Å². The number of esters is 1. The molecule has 0 aromatic rings. The molecule has 2 saturated carbocycles. The second kappa shape index (κ2) is 6.70. The van der Waals surface area contributed by atoms with E-state index in [1.54, 1.807) is 0 Å². The van der Waals surface area contributed by atoms with Crippen LogP contribution in [-0.4, -0.2) is 61.4 Å². The molecule has 0 radical (unpaired) electrons. The molecular weight excluding hydrogens is 340 g/mol. The van der Waals surface area contributed by atoms with Gasteiger partial charge in [-0.05, 0) is 51.1 Å². The van der Waals surface area contributed by atoms with Crippen LogP contribution in [0.2, 0.25) is 0 Å². The largest absolute Gasteiger partial charge is 0.462 e. The fourth-order valence-corrected chi connectivity index (χ4v) is 7.14. The highest BCUT2D eigenvalue weighted by Crippen LogP contribution is 2.70. The minimum atomic E-state index is -0.0283. The topological polar surface area (TPSA) is 54.1 Å². The lowest BCUT2D eigenvalue weighted by Gasteiger charge is -2.48. The smallest absolute Gasteiger partial charge is 0.311 e. The van der Waals surface area contributed by atoms with Gasteiger partial charge in [-0.3, -0.25) is 4.79 Å². The predicted molar refractivity (Wildman–Crippen MR) is 103 cm³/mol. The maximum atomic E-state index is 12.7. The van der Waals surface area contributed by atoms with Gasteiger partial charge in [0.25, 0.3) is 0 Å². The Morgan fingerprint density at radius 2 is 2.04 bits per heavy atom. The molecule has 7 atom stereocenters. The van der Waals surface area contributed by atoms with Crippen molar-refractivity contribution in [2.45, 2.75) is 76.6 Å². The van der Waals surface area contributed by atoms with Gasteiger partial charge in [-0.25, -0.2) is 0 Å². The van der Waals surface area contributed by atoms with Gasteiger partial charge in [-0.15, -0.1) is 0 Å². The maximum absolute atomic E-state index is 12.7. The van der Waals surface area contributed by atoms with Crippen LogP contribution in [0.4, 0.5) is 0 Å². The van der Waals surface area contributed by atoms with Crippen molar-refractivity contribution < 1.29 is 14.3 Å². The van der Waals surface area contributed by atoms with Crippen LogP contribution < -0.4 is 5.32 Å². The van der Waals surface area contributed by atoms with Crippen LogP contribution >= 0.6 is 0 Å². The van der Waals surface area contributed by atoms with Gasteiger partial charge in [0.15, 0.2) is 0 Å². The van der Waals surface area contributed by atoms with E-state index in [4.69, 9.17) is 9.47 Å². The number of nitrogens with zero attached hydrogens (tertiary/aromatic N) is 1. The number of carbonyl (C=O) groups is 1. The van der Waals surface area contributed by atoms with Crippen molar-refractivity contribution in [3.05, 3.63) is 0 Å². The monoisotopic (exact) mass is 376 g/mol. The molecule has 0 aromatic heterocycles. The molecule has 1 unspecified atom stereocenters. The van der Waals surface area contributed by atoms with Crippen LogP contribution in [0, 0.1) is 23.2 Å². The lowest BCUT2D eigenvalue weighted by Crippen LogP contribution is -2.54. The molecule has 3 heterocycles. The van der Waals surface area contributed by atoms with Crippen LogP contribution in [-0.2, 0) is 14.3 Å². The van der Waals surface area contributed by atoms with E-state index in [-0.39, 0.29) is 41.0 Å². The number of hydrogen-bond acceptors (Lipinski definition) is 5. The SMILES string of the molecule is C[C@H]1CCC[C@]2(C)C[C@H]3OC(=O)C(CNCCN4CCCCC4)[C@H]3[C@@H]3O[C@@]132. The molecule has 1 spiro atoms. The lowest BCUT2D eigenvalue weighted by molar-refractivity contribution is -0.146. The molecule has 1 N–H and O–H groups in total. The molecule has 5 heteroatoms. The van der Waals surface area contributed by atoms with Crippen molar-refractivity contribution in [1.82, 2.24) is 10.2 Å². The summed E-state index contributed by atoms with van der Waals surface area (Å²) in [5.41, 5.74) is 0.208. The Labute approximate surface area is 163 Å². The standard InChI is InChI=1S/C22H36N2O3/c1-15-7-6-8-21(2)13-17-18(19-22(15,21)27-19)16(20(25)26-17)14-23-9-12-24-10-4-3-5-11-24/h15-19,23H,3-14H2,1-2H3/t15-,16?,17+,18+,19-,21+,22-/m0/s1. The number of epoxide rings is 1. The highest BCUT2D eigenvalue weighted by atomic mass is 16.6. The molecule has 3 saturated heterocycles. The van der Waals surface area contributed by atoms with Crippen LogP contribution in [0.15, 0.2) is 0 Å². The summed E-state index contributed by atoms with van der Waals surface area (Å²) in [5, 5.41) is 3.57. The van der Waals surface area contributed by atoms with Crippen LogP contribution in [0.1, 0.15) is 58.8 Å². The summed E-state index contributed by atoms with van der Waals surface area (Å²) in [5.74, 6) is 0.842. The van der Waals surface area contributed by atoms with Gasteiger partial charge in [-0.2, -0.15) is 0 Å². The zero-order chi connectivity index (χ0) is 18.6. The Hall–Kier alpha value is -0.650. The summed E-state index contributed by atoms with van der Waals surface area (Å²) in [6.45, 7) is 10.0. The molecule has 5 fully saturated rings. The van der Waals surface area contributed by atoms with Gasteiger partial charge in [0.1, 0.15) is 11.7 Å². The first-order valence-electron chi connectivity index (χ1n) is 11.4. The quantitative estimate of drug-likeness (QED) is 0.454. The second-order valence-electron chi connectivity index (χ2n) is 10.2. The van der Waals surface area contributed by atoms with Crippen LogP contribution in [0.5, 0.6) is 0 Å². The second-order valence-corrected chi connectivity index (χ2v) is 10.2. The Morgan fingerprint density at radius 3 is 2.85 bits per heavy atom. The summed E-state index contributed by atoms with van der Waals surface area (Å²) in [7, 11) is 0. The first-order chi connectivity index (χ1) is 13.1. The van der Waals surface area contributed by atoms with E-state index in [0.29, 0.717) is 5.92 Å². The van der Waals surface area contributed by atoms with Crippen molar-refractivity contribution in [3.63, 3.8) is 0 Å². The molecule has 3 aliphatic heterocycles. The molecule has 5 rings (SSSR count). The number of hydrogen-bond donors (Lipinski definition) is 1. The number of piperidine rings is 1. The summed E-state index contributed by atoms with van der Waals surface area (Å²) in [4.78, 5) is 15.2. The fourth-order valence-electron chi connectivity index (χ4n) is 7.14. The van der Waals surface area contributed by atoms with Crippen molar-refractivity contribution in [2.24, 2.45) is 23.2 Å². The van der Waals surface area contributed by atoms with Crippen LogP contribution in [0.3, 0.4) is 0 Å². The Balaban J connectivity index is 1.21. The van der Waals surface area contributed by atoms with Gasteiger partial charge in [0.05, 0.1) is 12.0 Å². The zero-order valence-electron chi connectivity index (χ0n) is 17.0. The van der Waals surface area contributed by atoms with Crippen molar-refractivity contribution >= 4 is 5.97 Å². The first kappa shape index (κ1) is 18.4. The molecular formula is C22H36N2O3. The first-order valence-corrected chi connectivity index (χ1v) is 11.4. The van der Waals surface area contributed by atoms with E-state index < -0.39 is 0 Å². The molecule has 0 aromatic carbocycles. The average molecular weight is 377 g/mol. The zero-order valence-corrected chi connectivity index (χ0v) is 17.0. The van der Waals surface area contributed by atoms with Gasteiger partial charge in [-0.1, -0.05) is 26.7 Å². The number of nitrogens with one attached hydrogen (secondary N) is 1. The van der Waals surface area contributed by atoms with E-state index in [9.17, 15) is 4.79 Å². The third-order valence-electron chi connectivity index (χ3n) is 8.61. The lowest BCUT2D eigenvalue weighted by atomic mass is 9.53. The van der Waals surface area contributed by atoms with E-state index in [2.05, 4.69) is 24.1 Å². The number of fused-ring (bicyclic) bond motifs is 2. The van der Waals surface area contributed by atoms with Crippen molar-refractivity contribution in [3.8, 4) is 0 Å². The summed E-state index contributed by atoms with van der Waals surface area (Å²) in [6.07, 6.45) is 9.09. The molecule has 5 nitrogen and oxygen atoms in total. The Bertz CT molecular complexity index is 592. The average Bonchev–Trinajstić information content (AvgIpc) is 3.34. The molecule has 0 bridgehead atoms. The van der Waals surface area contributed by atoms with Gasteiger partial charge >= 0.3 is 5.97 Å². The van der Waals surface area contributed by atoms with Crippen LogP contribution in [0.25, 0.3) is 0 Å². The number of carbonyl (C=O) groups excluding carboxylic acids is 1. The highest BCUT2D eigenvalue weighted by Gasteiger charge is 2.78. The Morgan fingerprint density at radius 1 is 1.22 bits per heavy atom. The normalized spacial score (nSPS) is 49.1. The third kappa shape index (κ3) is 2.79. The molecule has 152 valence electrons. The number of likely N-dealkylation sites (tertiary alicyclic amines) is 1. The molecule has 5 aliphatic rings. The number of ether oxygens (including phenoxy) is 2. The minimum absolute atomic E-state index is 0.0102. The van der Waals surface area contributed by atoms with Crippen molar-refractivity contribution in [1.29, 1.82) is 0 Å². The fraction of sp³-hybridized carbons (Fsp3) is 0.955. The predicted octanol–water partition coefficient (Wildman–Crippen LogP) is 2.59. The summed E-state index contributed by atoms with van der Waals surface area (Å²) < 4.78 is 12.4. The highest BCUT2D eigenvalue weighted by molar-refractivity contribution is 5.76. The van der Waals surface area contributed by atoms with Crippen molar-refractivity contribution in [2.75, 3.05) is 32.7 Å². The third-order valence-corrected chi connectivity index (χ3v) is 8.61. The molecule has 0 amide bonds. The van der Waals surface area contributed by atoms with Gasteiger partial charge in [0, 0.05) is 31.0 Å². The van der Waals surface area contributed by atoms with Gasteiger partial charge < -0.3 is 19.7 Å². The van der Waals surface area contributed by atoms with Gasteiger partial charge in [0.2, 0.25) is 0 Å². The number of rotatable bonds is 5.